The van der Waals surface area contributed by atoms with Gasteiger partial charge in [-0.2, -0.15) is 0 Å². The molecule has 0 bridgehead atoms. The Labute approximate surface area is 320 Å². The lowest BCUT2D eigenvalue weighted by molar-refractivity contribution is -0.143. The molecule has 0 heterocycles. The third-order valence-electron chi connectivity index (χ3n) is 8.03. The number of carbonyl (C=O) groups excluding carboxylic acids is 6. The maximum Gasteiger partial charge on any atom is 0.326 e. The minimum atomic E-state index is -1.77. The third kappa shape index (κ3) is 20.2. The van der Waals surface area contributed by atoms with Gasteiger partial charge in [-0.3, -0.25) is 38.6 Å². The van der Waals surface area contributed by atoms with Crippen LogP contribution in [-0.2, 0) is 38.4 Å². The number of nitrogens with two attached hydrogens (primary N) is 4. The van der Waals surface area contributed by atoms with Crippen LogP contribution in [0.4, 0.5) is 0 Å². The zero-order chi connectivity index (χ0) is 42.4. The molecule has 0 aliphatic carbocycles. The van der Waals surface area contributed by atoms with E-state index in [1.807, 2.05) is 0 Å². The molecule has 0 fully saturated rings. The molecule has 0 radical (unpaired) electrons. The highest BCUT2D eigenvalue weighted by molar-refractivity contribution is 5.97. The molecule has 55 heavy (non-hydrogen) atoms. The lowest BCUT2D eigenvalue weighted by atomic mass is 9.99. The van der Waals surface area contributed by atoms with Crippen molar-refractivity contribution in [2.75, 3.05) is 19.7 Å². The number of aliphatic imine (C=N–C) groups is 1. The fraction of sp³-hybridized carbons (Fsp3) is 0.727. The average Bonchev–Trinajstić information content (AvgIpc) is 3.08. The summed E-state index contributed by atoms with van der Waals surface area (Å²) >= 11 is 0. The largest absolute Gasteiger partial charge is 0.481 e. The fourth-order valence-electron chi connectivity index (χ4n) is 4.96. The van der Waals surface area contributed by atoms with Gasteiger partial charge in [0, 0.05) is 6.54 Å². The third-order valence-corrected chi connectivity index (χ3v) is 8.03. The molecule has 22 nitrogen and oxygen atoms in total. The Hall–Kier alpha value is -5.09. The number of carboxylic acid groups (broad SMARTS) is 2. The van der Waals surface area contributed by atoms with Gasteiger partial charge in [-0.25, -0.2) is 4.79 Å². The van der Waals surface area contributed by atoms with Gasteiger partial charge in [0.25, 0.3) is 0 Å². The van der Waals surface area contributed by atoms with Crippen molar-refractivity contribution in [3.8, 4) is 0 Å². The molecule has 0 rings (SSSR count). The van der Waals surface area contributed by atoms with Crippen molar-refractivity contribution in [3.05, 3.63) is 0 Å². The quantitative estimate of drug-likeness (QED) is 0.0213. The van der Waals surface area contributed by atoms with E-state index in [9.17, 15) is 53.7 Å². The number of hydrogen-bond acceptors (Lipinski definition) is 12. The fourth-order valence-corrected chi connectivity index (χ4v) is 4.96. The smallest absolute Gasteiger partial charge is 0.326 e. The van der Waals surface area contributed by atoms with E-state index in [1.54, 1.807) is 27.7 Å². The second kappa shape index (κ2) is 25.8. The summed E-state index contributed by atoms with van der Waals surface area (Å²) in [5.41, 5.74) is 21.8. The van der Waals surface area contributed by atoms with E-state index in [2.05, 4.69) is 36.9 Å². The monoisotopic (exact) mass is 787 g/mol. The second-order valence-electron chi connectivity index (χ2n) is 13.8. The summed E-state index contributed by atoms with van der Waals surface area (Å²) in [6, 6.07) is -9.52. The van der Waals surface area contributed by atoms with E-state index in [1.165, 1.54) is 6.92 Å². The lowest BCUT2D eigenvalue weighted by Crippen LogP contribution is -2.60. The first-order valence-electron chi connectivity index (χ1n) is 18.0. The van der Waals surface area contributed by atoms with Crippen molar-refractivity contribution < 1.29 is 53.7 Å². The van der Waals surface area contributed by atoms with Crippen molar-refractivity contribution in [2.45, 2.75) is 122 Å². The predicted molar refractivity (Wildman–Crippen MR) is 199 cm³/mol. The van der Waals surface area contributed by atoms with Crippen LogP contribution in [0.3, 0.4) is 0 Å². The highest BCUT2D eigenvalue weighted by Gasteiger charge is 2.34. The number of carboxylic acids is 2. The van der Waals surface area contributed by atoms with E-state index in [0.29, 0.717) is 25.8 Å². The van der Waals surface area contributed by atoms with Crippen LogP contribution < -0.4 is 54.8 Å². The van der Waals surface area contributed by atoms with Crippen LogP contribution in [0.2, 0.25) is 0 Å². The molecule has 22 heteroatoms. The Kier molecular flexibility index (Phi) is 23.5. The van der Waals surface area contributed by atoms with Crippen LogP contribution >= 0.6 is 0 Å². The zero-order valence-electron chi connectivity index (χ0n) is 32.1. The number of guanidine groups is 1. The van der Waals surface area contributed by atoms with Crippen LogP contribution in [0.5, 0.6) is 0 Å². The molecule has 0 spiro atoms. The summed E-state index contributed by atoms with van der Waals surface area (Å²) in [5.74, 6) is -8.98. The van der Waals surface area contributed by atoms with E-state index in [-0.39, 0.29) is 37.7 Å². The number of aliphatic carboxylic acids is 2. The molecule has 0 saturated heterocycles. The number of unbranched alkanes of at least 4 members (excludes halogenated alkanes) is 1. The van der Waals surface area contributed by atoms with Crippen LogP contribution in [-0.4, -0.2) is 131 Å². The Balaban J connectivity index is 5.73. The van der Waals surface area contributed by atoms with Gasteiger partial charge in [-0.1, -0.05) is 27.7 Å². The predicted octanol–water partition coefficient (Wildman–Crippen LogP) is -4.32. The first-order valence-corrected chi connectivity index (χ1v) is 18.0. The Morgan fingerprint density at radius 3 is 1.69 bits per heavy atom. The molecule has 7 atom stereocenters. The van der Waals surface area contributed by atoms with Crippen LogP contribution in [0.1, 0.15) is 79.6 Å². The zero-order valence-corrected chi connectivity index (χ0v) is 32.1. The van der Waals surface area contributed by atoms with E-state index in [0.717, 1.165) is 0 Å². The Bertz CT molecular complexity index is 1340. The maximum absolute atomic E-state index is 13.5. The second-order valence-corrected chi connectivity index (χ2v) is 13.8. The molecule has 0 saturated carbocycles. The van der Waals surface area contributed by atoms with Crippen LogP contribution in [0.25, 0.3) is 0 Å². The molecule has 0 aromatic heterocycles. The van der Waals surface area contributed by atoms with Crippen molar-refractivity contribution in [3.63, 3.8) is 0 Å². The summed E-state index contributed by atoms with van der Waals surface area (Å²) in [7, 11) is 0. The highest BCUT2D eigenvalue weighted by Crippen LogP contribution is 2.10. The number of aliphatic hydroxyl groups is 1. The number of nitrogens with zero attached hydrogens (tertiary/aromatic N) is 1. The molecule has 314 valence electrons. The maximum atomic E-state index is 13.5. The number of aliphatic hydroxyl groups excluding tert-OH is 1. The topological polar surface area (TPSA) is 386 Å². The van der Waals surface area contributed by atoms with Gasteiger partial charge in [-0.05, 0) is 63.8 Å². The Morgan fingerprint density at radius 1 is 0.636 bits per heavy atom. The van der Waals surface area contributed by atoms with Gasteiger partial charge >= 0.3 is 11.9 Å². The summed E-state index contributed by atoms with van der Waals surface area (Å²) in [6.07, 6.45) is 0.706. The van der Waals surface area contributed by atoms with Gasteiger partial charge in [0.1, 0.15) is 36.3 Å². The van der Waals surface area contributed by atoms with Gasteiger partial charge < -0.3 is 70.2 Å². The SMILES string of the molecule is CC(C)C[C@H](NC(=O)[C@H](C)NC(=O)[C@H](CC(=O)O)NC(=O)[C@H](CO)NC(=O)[C@@H](N)CCCN=C(N)N)C(=O)N[C@H](C(=O)N[C@@H](CCCCN)C(=O)O)C(C)C. The van der Waals surface area contributed by atoms with Gasteiger partial charge in [0.2, 0.25) is 35.4 Å². The molecule has 17 N–H and O–H groups in total. The molecular weight excluding hydrogens is 726 g/mol. The normalized spacial score (nSPS) is 14.9. The first-order chi connectivity index (χ1) is 25.6. The minimum Gasteiger partial charge on any atom is -0.481 e. The van der Waals surface area contributed by atoms with E-state index in [4.69, 9.17) is 22.9 Å². The molecule has 0 aromatic rings. The molecular formula is C33H61N11O11. The number of rotatable bonds is 27. The molecule has 6 amide bonds. The molecule has 0 aliphatic heterocycles. The summed E-state index contributed by atoms with van der Waals surface area (Å²) in [6.45, 7) is 7.66. The Morgan fingerprint density at radius 2 is 1.18 bits per heavy atom. The van der Waals surface area contributed by atoms with E-state index < -0.39 is 109 Å². The van der Waals surface area contributed by atoms with E-state index >= 15 is 0 Å². The minimum absolute atomic E-state index is 0.0907. The number of hydrogen-bond donors (Lipinski definition) is 13. The summed E-state index contributed by atoms with van der Waals surface area (Å²) in [5, 5.41) is 42.9. The van der Waals surface area contributed by atoms with Gasteiger partial charge in [0.05, 0.1) is 19.1 Å². The number of nitrogens with one attached hydrogen (secondary N) is 6. The van der Waals surface area contributed by atoms with Gasteiger partial charge in [-0.15, -0.1) is 0 Å². The van der Waals surface area contributed by atoms with Crippen molar-refractivity contribution >= 4 is 53.3 Å². The number of amides is 6. The van der Waals surface area contributed by atoms with Gasteiger partial charge in [0.15, 0.2) is 5.96 Å². The molecule has 0 unspecified atom stereocenters. The van der Waals surface area contributed by atoms with Crippen molar-refractivity contribution in [1.29, 1.82) is 0 Å². The molecule has 0 aromatic carbocycles. The average molecular weight is 788 g/mol. The van der Waals surface area contributed by atoms with Crippen molar-refractivity contribution in [1.82, 2.24) is 31.9 Å². The van der Waals surface area contributed by atoms with Crippen LogP contribution in [0, 0.1) is 11.8 Å². The highest BCUT2D eigenvalue weighted by atomic mass is 16.4. The standard InChI is InChI=1S/C33H61N11O11/c1-16(2)13-21(29(51)44-25(17(3)4)31(53)40-20(32(54)55)10-6-7-11-34)41-26(48)18(5)39-28(50)22(14-24(46)47)42-30(52)23(15-45)43-27(49)19(35)9-8-12-38-33(36)37/h16-23,25,45H,6-15,34-35H2,1-5H3,(H,39,50)(H,40,53)(H,41,48)(H,42,52)(H,43,49)(H,44,51)(H,46,47)(H,54,55)(H4,36,37,38)/t18-,19-,20-,21-,22-,23-,25-/m0/s1. The lowest BCUT2D eigenvalue weighted by Gasteiger charge is -2.28. The van der Waals surface area contributed by atoms with Crippen molar-refractivity contribution in [2.24, 2.45) is 39.8 Å². The first kappa shape index (κ1) is 49.9. The summed E-state index contributed by atoms with van der Waals surface area (Å²) < 4.78 is 0. The number of carbonyl (C=O) groups is 8. The van der Waals surface area contributed by atoms with Crippen LogP contribution in [0.15, 0.2) is 4.99 Å². The molecule has 0 aliphatic rings. The summed E-state index contributed by atoms with van der Waals surface area (Å²) in [4.78, 5) is 105.